The van der Waals surface area contributed by atoms with Crippen LogP contribution in [0.25, 0.3) is 10.9 Å². The number of hydrogen-bond acceptors (Lipinski definition) is 2. The highest BCUT2D eigenvalue weighted by Crippen LogP contribution is 2.20. The molecule has 1 aromatic carbocycles. The molecule has 0 unspecified atom stereocenters. The standard InChI is InChI=1S/C14H13F2NO3/c1-2-3-6-17-7-8(14(19)20)13(18)11-9(15)4-5-10(16)12(11)17/h4-5,7H,2-3,6H2,1H3,(H,19,20). The van der Waals surface area contributed by atoms with Crippen LogP contribution in [0.2, 0.25) is 0 Å². The highest BCUT2D eigenvalue weighted by atomic mass is 19.1. The summed E-state index contributed by atoms with van der Waals surface area (Å²) in [6, 6.07) is 1.76. The Kier molecular flexibility index (Phi) is 3.83. The summed E-state index contributed by atoms with van der Waals surface area (Å²) in [5.74, 6) is -3.11. The van der Waals surface area contributed by atoms with Gasteiger partial charge in [-0.05, 0) is 18.6 Å². The number of carboxylic acids is 1. The molecule has 2 rings (SSSR count). The van der Waals surface area contributed by atoms with Crippen molar-refractivity contribution in [2.45, 2.75) is 26.3 Å². The summed E-state index contributed by atoms with van der Waals surface area (Å²) in [7, 11) is 0. The first kappa shape index (κ1) is 14.2. The fourth-order valence-electron chi connectivity index (χ4n) is 2.11. The van der Waals surface area contributed by atoms with Crippen LogP contribution in [-0.2, 0) is 6.54 Å². The number of carbonyl (C=O) groups is 1. The molecule has 0 radical (unpaired) electrons. The minimum atomic E-state index is -1.45. The summed E-state index contributed by atoms with van der Waals surface area (Å²) < 4.78 is 29.0. The Hall–Kier alpha value is -2.24. The van der Waals surface area contributed by atoms with Crippen LogP contribution in [0.5, 0.6) is 0 Å². The first-order valence-electron chi connectivity index (χ1n) is 6.21. The molecular weight excluding hydrogens is 268 g/mol. The van der Waals surface area contributed by atoms with E-state index >= 15 is 0 Å². The normalized spacial score (nSPS) is 10.9. The van der Waals surface area contributed by atoms with Gasteiger partial charge in [-0.2, -0.15) is 0 Å². The van der Waals surface area contributed by atoms with Crippen molar-refractivity contribution in [3.05, 3.63) is 45.8 Å². The van der Waals surface area contributed by atoms with Crippen molar-refractivity contribution in [3.8, 4) is 0 Å². The first-order valence-corrected chi connectivity index (χ1v) is 6.21. The largest absolute Gasteiger partial charge is 0.477 e. The molecule has 1 heterocycles. The summed E-state index contributed by atoms with van der Waals surface area (Å²) in [6.45, 7) is 2.23. The molecular formula is C14H13F2NO3. The molecule has 0 bridgehead atoms. The first-order chi connectivity index (χ1) is 9.47. The van der Waals surface area contributed by atoms with Crippen molar-refractivity contribution in [3.63, 3.8) is 0 Å². The lowest BCUT2D eigenvalue weighted by Gasteiger charge is -2.12. The zero-order valence-corrected chi connectivity index (χ0v) is 10.8. The number of rotatable bonds is 4. The van der Waals surface area contributed by atoms with Gasteiger partial charge in [0.05, 0.1) is 10.9 Å². The lowest BCUT2D eigenvalue weighted by atomic mass is 10.1. The van der Waals surface area contributed by atoms with E-state index in [-0.39, 0.29) is 5.52 Å². The average molecular weight is 281 g/mol. The topological polar surface area (TPSA) is 59.3 Å². The maximum atomic E-state index is 13.9. The molecule has 4 nitrogen and oxygen atoms in total. The maximum absolute atomic E-state index is 13.9. The van der Waals surface area contributed by atoms with Crippen LogP contribution in [0.3, 0.4) is 0 Å². The number of carboxylic acid groups (broad SMARTS) is 1. The smallest absolute Gasteiger partial charge is 0.341 e. The Morgan fingerprint density at radius 2 is 1.95 bits per heavy atom. The second-order valence-electron chi connectivity index (χ2n) is 4.48. The number of pyridine rings is 1. The number of halogens is 2. The average Bonchev–Trinajstić information content (AvgIpc) is 2.41. The zero-order valence-electron chi connectivity index (χ0n) is 10.8. The van der Waals surface area contributed by atoms with E-state index < -0.39 is 34.0 Å². The molecule has 0 amide bonds. The van der Waals surface area contributed by atoms with Crippen molar-refractivity contribution in [2.24, 2.45) is 0 Å². The molecule has 0 saturated heterocycles. The van der Waals surface area contributed by atoms with E-state index in [0.717, 1.165) is 24.8 Å². The number of aromatic carboxylic acids is 1. The van der Waals surface area contributed by atoms with E-state index in [2.05, 4.69) is 0 Å². The van der Waals surface area contributed by atoms with Crippen molar-refractivity contribution in [2.75, 3.05) is 0 Å². The second kappa shape index (κ2) is 5.40. The van der Waals surface area contributed by atoms with Gasteiger partial charge in [-0.15, -0.1) is 0 Å². The molecule has 2 aromatic rings. The van der Waals surface area contributed by atoms with Gasteiger partial charge in [0.2, 0.25) is 5.43 Å². The lowest BCUT2D eigenvalue weighted by molar-refractivity contribution is 0.0694. The quantitative estimate of drug-likeness (QED) is 0.937. The summed E-state index contributed by atoms with van der Waals surface area (Å²) >= 11 is 0. The fourth-order valence-corrected chi connectivity index (χ4v) is 2.11. The lowest BCUT2D eigenvalue weighted by Crippen LogP contribution is -2.20. The molecule has 0 spiro atoms. The Morgan fingerprint density at radius 1 is 1.30 bits per heavy atom. The van der Waals surface area contributed by atoms with Gasteiger partial charge in [0.25, 0.3) is 0 Å². The summed E-state index contributed by atoms with van der Waals surface area (Å²) in [5, 5.41) is 8.49. The van der Waals surface area contributed by atoms with Gasteiger partial charge in [-0.1, -0.05) is 13.3 Å². The predicted octanol–water partition coefficient (Wildman–Crippen LogP) is 2.78. The Balaban J connectivity index is 2.89. The molecule has 0 saturated carbocycles. The summed E-state index contributed by atoms with van der Waals surface area (Å²) in [4.78, 5) is 23.0. The number of aryl methyl sites for hydroxylation is 1. The molecule has 1 N–H and O–H groups in total. The summed E-state index contributed by atoms with van der Waals surface area (Å²) in [6.07, 6.45) is 2.53. The van der Waals surface area contributed by atoms with E-state index in [1.54, 1.807) is 0 Å². The highest BCUT2D eigenvalue weighted by Gasteiger charge is 2.19. The van der Waals surface area contributed by atoms with Gasteiger partial charge in [-0.25, -0.2) is 13.6 Å². The van der Waals surface area contributed by atoms with Gasteiger partial charge in [0, 0.05) is 12.7 Å². The van der Waals surface area contributed by atoms with Crippen molar-refractivity contribution >= 4 is 16.9 Å². The fraction of sp³-hybridized carbons (Fsp3) is 0.286. The number of hydrogen-bond donors (Lipinski definition) is 1. The molecule has 106 valence electrons. The third kappa shape index (κ3) is 2.29. The highest BCUT2D eigenvalue weighted by molar-refractivity contribution is 5.92. The van der Waals surface area contributed by atoms with Gasteiger partial charge in [-0.3, -0.25) is 4.79 Å². The molecule has 0 fully saturated rings. The molecule has 0 aliphatic rings. The monoisotopic (exact) mass is 281 g/mol. The van der Waals surface area contributed by atoms with Crippen molar-refractivity contribution in [1.29, 1.82) is 0 Å². The molecule has 0 aliphatic heterocycles. The molecule has 6 heteroatoms. The van der Waals surface area contributed by atoms with Crippen LogP contribution in [0.15, 0.2) is 23.1 Å². The Labute approximate surface area is 113 Å². The number of aromatic nitrogens is 1. The SMILES string of the molecule is CCCCn1cc(C(=O)O)c(=O)c2c(F)ccc(F)c21. The van der Waals surface area contributed by atoms with Crippen LogP contribution in [-0.4, -0.2) is 15.6 Å². The Bertz CT molecular complexity index is 737. The second-order valence-corrected chi connectivity index (χ2v) is 4.48. The van der Waals surface area contributed by atoms with E-state index in [9.17, 15) is 18.4 Å². The van der Waals surface area contributed by atoms with Crippen LogP contribution in [0, 0.1) is 11.6 Å². The van der Waals surface area contributed by atoms with Crippen LogP contribution < -0.4 is 5.43 Å². The van der Waals surface area contributed by atoms with Gasteiger partial charge in [0.1, 0.15) is 17.2 Å². The molecule has 0 atom stereocenters. The van der Waals surface area contributed by atoms with Crippen molar-refractivity contribution in [1.82, 2.24) is 4.57 Å². The number of fused-ring (bicyclic) bond motifs is 1. The van der Waals surface area contributed by atoms with E-state index in [4.69, 9.17) is 5.11 Å². The third-order valence-corrected chi connectivity index (χ3v) is 3.10. The van der Waals surface area contributed by atoms with Gasteiger partial charge < -0.3 is 9.67 Å². The summed E-state index contributed by atoms with van der Waals surface area (Å²) in [5.41, 5.74) is -1.75. The predicted molar refractivity (Wildman–Crippen MR) is 70.0 cm³/mol. The molecule has 0 aliphatic carbocycles. The van der Waals surface area contributed by atoms with Crippen LogP contribution in [0.4, 0.5) is 8.78 Å². The molecule has 1 aromatic heterocycles. The van der Waals surface area contributed by atoms with Gasteiger partial charge in [0.15, 0.2) is 0 Å². The third-order valence-electron chi connectivity index (χ3n) is 3.10. The minimum Gasteiger partial charge on any atom is -0.477 e. The van der Waals surface area contributed by atoms with Gasteiger partial charge >= 0.3 is 5.97 Å². The molecule has 20 heavy (non-hydrogen) atoms. The van der Waals surface area contributed by atoms with Crippen LogP contribution in [0.1, 0.15) is 30.1 Å². The maximum Gasteiger partial charge on any atom is 0.341 e. The Morgan fingerprint density at radius 3 is 2.55 bits per heavy atom. The zero-order chi connectivity index (χ0) is 14.9. The van der Waals surface area contributed by atoms with Crippen molar-refractivity contribution < 1.29 is 18.7 Å². The number of nitrogens with zero attached hydrogens (tertiary/aromatic N) is 1. The number of benzene rings is 1. The number of unbranched alkanes of at least 4 members (excludes halogenated alkanes) is 1. The minimum absolute atomic E-state index is 0.187. The van der Waals surface area contributed by atoms with E-state index in [1.165, 1.54) is 4.57 Å². The van der Waals surface area contributed by atoms with E-state index in [0.29, 0.717) is 13.0 Å². The van der Waals surface area contributed by atoms with E-state index in [1.807, 2.05) is 6.92 Å². The van der Waals surface area contributed by atoms with Crippen LogP contribution >= 0.6 is 0 Å².